The van der Waals surface area contributed by atoms with Crippen molar-refractivity contribution in [1.82, 2.24) is 5.32 Å². The first-order chi connectivity index (χ1) is 10.1. The fourth-order valence-electron chi connectivity index (χ4n) is 2.33. The Morgan fingerprint density at radius 2 is 1.90 bits per heavy atom. The van der Waals surface area contributed by atoms with Gasteiger partial charge in [-0.15, -0.1) is 0 Å². The van der Waals surface area contributed by atoms with Gasteiger partial charge < -0.3 is 5.32 Å². The summed E-state index contributed by atoms with van der Waals surface area (Å²) in [7, 11) is 0. The lowest BCUT2D eigenvalue weighted by Gasteiger charge is -2.19. The molecule has 0 saturated heterocycles. The largest absolute Gasteiger partial charge is 0.316 e. The maximum atomic E-state index is 13.7. The van der Waals surface area contributed by atoms with Crippen LogP contribution in [0.3, 0.4) is 0 Å². The van der Waals surface area contributed by atoms with E-state index in [-0.39, 0.29) is 11.7 Å². The third-order valence-corrected chi connectivity index (χ3v) is 4.62. The topological polar surface area (TPSA) is 12.0 Å². The van der Waals surface area contributed by atoms with Gasteiger partial charge in [0.15, 0.2) is 0 Å². The normalized spacial score (nSPS) is 12.4. The first-order valence-corrected chi connectivity index (χ1v) is 8.18. The smallest absolute Gasteiger partial charge is 0.137 e. The molecule has 0 amide bonds. The highest BCUT2D eigenvalue weighted by atomic mass is 79.9. The maximum Gasteiger partial charge on any atom is 0.137 e. The van der Waals surface area contributed by atoms with Crippen molar-refractivity contribution in [1.29, 1.82) is 0 Å². The molecule has 21 heavy (non-hydrogen) atoms. The van der Waals surface area contributed by atoms with Gasteiger partial charge in [0.1, 0.15) is 5.82 Å². The molecular weight excluding hydrogens is 353 g/mol. The highest BCUT2D eigenvalue weighted by Gasteiger charge is 2.15. The Labute approximate surface area is 138 Å². The Balaban J connectivity index is 2.23. The van der Waals surface area contributed by atoms with Crippen LogP contribution >= 0.6 is 27.5 Å². The first-order valence-electron chi connectivity index (χ1n) is 7.01. The van der Waals surface area contributed by atoms with Crippen molar-refractivity contribution in [2.24, 2.45) is 0 Å². The summed E-state index contributed by atoms with van der Waals surface area (Å²) in [6.45, 7) is 3.84. The van der Waals surface area contributed by atoms with Crippen molar-refractivity contribution in [2.75, 3.05) is 13.1 Å². The Bertz CT molecular complexity index is 586. The summed E-state index contributed by atoms with van der Waals surface area (Å²) in [4.78, 5) is 0. The van der Waals surface area contributed by atoms with Gasteiger partial charge in [-0.1, -0.05) is 42.8 Å². The van der Waals surface area contributed by atoms with Crippen LogP contribution in [0.1, 0.15) is 24.0 Å². The van der Waals surface area contributed by atoms with E-state index in [2.05, 4.69) is 28.2 Å². The van der Waals surface area contributed by atoms with Crippen molar-refractivity contribution in [3.05, 3.63) is 68.9 Å². The second-order valence-corrected chi connectivity index (χ2v) is 6.20. The molecular formula is C17H18BrClFN. The predicted octanol–water partition coefficient (Wildman–Crippen LogP) is 5.18. The molecule has 2 rings (SSSR count). The number of likely N-dealkylation sites (N-methyl/N-ethyl adjacent to an activating group) is 1. The summed E-state index contributed by atoms with van der Waals surface area (Å²) in [5.41, 5.74) is 2.18. The molecule has 0 aliphatic carbocycles. The third-order valence-electron chi connectivity index (χ3n) is 3.48. The minimum absolute atomic E-state index is 0.217. The lowest BCUT2D eigenvalue weighted by atomic mass is 9.92. The third kappa shape index (κ3) is 4.53. The number of hydrogen-bond donors (Lipinski definition) is 1. The summed E-state index contributed by atoms with van der Waals surface area (Å²) in [6, 6.07) is 13.1. The van der Waals surface area contributed by atoms with Gasteiger partial charge in [-0.2, -0.15) is 0 Å². The van der Waals surface area contributed by atoms with Crippen LogP contribution < -0.4 is 5.32 Å². The molecule has 0 saturated carbocycles. The number of benzene rings is 2. The van der Waals surface area contributed by atoms with Crippen molar-refractivity contribution < 1.29 is 4.39 Å². The number of nitrogens with one attached hydrogen (secondary N) is 1. The molecule has 1 N–H and O–H groups in total. The number of hydrogen-bond acceptors (Lipinski definition) is 1. The van der Waals surface area contributed by atoms with E-state index in [0.29, 0.717) is 4.47 Å². The van der Waals surface area contributed by atoms with Crippen molar-refractivity contribution in [3.8, 4) is 0 Å². The van der Waals surface area contributed by atoms with Crippen LogP contribution in [0.15, 0.2) is 46.9 Å². The highest BCUT2D eigenvalue weighted by molar-refractivity contribution is 9.10. The van der Waals surface area contributed by atoms with E-state index in [1.54, 1.807) is 6.07 Å². The minimum Gasteiger partial charge on any atom is -0.316 e. The average Bonchev–Trinajstić information content (AvgIpc) is 2.49. The van der Waals surface area contributed by atoms with E-state index in [0.717, 1.165) is 30.1 Å². The molecule has 0 bridgehead atoms. The Kier molecular flexibility index (Phi) is 6.22. The van der Waals surface area contributed by atoms with Crippen LogP contribution in [0.25, 0.3) is 0 Å². The second-order valence-electron chi connectivity index (χ2n) is 4.97. The summed E-state index contributed by atoms with van der Waals surface area (Å²) in [6.07, 6.45) is 0.771. The van der Waals surface area contributed by atoms with Crippen molar-refractivity contribution >= 4 is 27.5 Å². The number of halogens is 3. The fourth-order valence-corrected chi connectivity index (χ4v) is 2.89. The molecule has 2 aromatic rings. The van der Waals surface area contributed by atoms with E-state index in [1.165, 1.54) is 11.6 Å². The molecule has 0 fully saturated rings. The van der Waals surface area contributed by atoms with Gasteiger partial charge in [0.05, 0.1) is 4.47 Å². The number of rotatable bonds is 6. The van der Waals surface area contributed by atoms with Crippen LogP contribution in [0.4, 0.5) is 4.39 Å². The molecule has 112 valence electrons. The average molecular weight is 371 g/mol. The molecule has 0 radical (unpaired) electrons. The standard InChI is InChI=1S/C17H18BrClFN/c1-2-21-11-14(12-6-8-15(19)9-7-12)10-13-4-3-5-16(20)17(13)18/h3-9,14,21H,2,10-11H2,1H3. The minimum atomic E-state index is -0.217. The monoisotopic (exact) mass is 369 g/mol. The molecule has 1 atom stereocenters. The molecule has 0 aromatic heterocycles. The van der Waals surface area contributed by atoms with Crippen LogP contribution in [-0.4, -0.2) is 13.1 Å². The summed E-state index contributed by atoms with van der Waals surface area (Å²) >= 11 is 9.30. The summed E-state index contributed by atoms with van der Waals surface area (Å²) in [5.74, 6) is 0.0612. The fraction of sp³-hybridized carbons (Fsp3) is 0.294. The lowest BCUT2D eigenvalue weighted by Crippen LogP contribution is -2.22. The Hall–Kier alpha value is -0.900. The van der Waals surface area contributed by atoms with Gasteiger partial charge in [0.2, 0.25) is 0 Å². The van der Waals surface area contributed by atoms with Crippen molar-refractivity contribution in [2.45, 2.75) is 19.3 Å². The zero-order chi connectivity index (χ0) is 15.2. The molecule has 1 nitrogen and oxygen atoms in total. The van der Waals surface area contributed by atoms with Gasteiger partial charge in [-0.25, -0.2) is 4.39 Å². The maximum absolute atomic E-state index is 13.7. The quantitative estimate of drug-likeness (QED) is 0.739. The Morgan fingerprint density at radius 1 is 1.19 bits per heavy atom. The molecule has 2 aromatic carbocycles. The van der Waals surface area contributed by atoms with Crippen LogP contribution in [0.2, 0.25) is 5.02 Å². The molecule has 0 aliphatic heterocycles. The lowest BCUT2D eigenvalue weighted by molar-refractivity contribution is 0.585. The molecule has 0 aliphatic rings. The molecule has 0 spiro atoms. The van der Waals surface area contributed by atoms with Crippen LogP contribution in [0.5, 0.6) is 0 Å². The van der Waals surface area contributed by atoms with Gasteiger partial charge in [0, 0.05) is 17.5 Å². The van der Waals surface area contributed by atoms with Crippen LogP contribution in [-0.2, 0) is 6.42 Å². The summed E-state index contributed by atoms with van der Waals surface area (Å²) < 4.78 is 14.2. The van der Waals surface area contributed by atoms with E-state index in [9.17, 15) is 4.39 Å². The Morgan fingerprint density at radius 3 is 2.57 bits per heavy atom. The van der Waals surface area contributed by atoms with Crippen molar-refractivity contribution in [3.63, 3.8) is 0 Å². The SMILES string of the molecule is CCNCC(Cc1cccc(F)c1Br)c1ccc(Cl)cc1. The summed E-state index contributed by atoms with van der Waals surface area (Å²) in [5, 5.41) is 4.10. The van der Waals surface area contributed by atoms with E-state index in [4.69, 9.17) is 11.6 Å². The molecule has 0 heterocycles. The van der Waals surface area contributed by atoms with Gasteiger partial charge in [0.25, 0.3) is 0 Å². The zero-order valence-electron chi connectivity index (χ0n) is 11.9. The van der Waals surface area contributed by atoms with E-state index >= 15 is 0 Å². The van der Waals surface area contributed by atoms with E-state index < -0.39 is 0 Å². The van der Waals surface area contributed by atoms with Crippen LogP contribution in [0, 0.1) is 5.82 Å². The van der Waals surface area contributed by atoms with Gasteiger partial charge in [-0.05, 0) is 58.2 Å². The molecule has 1 unspecified atom stereocenters. The molecule has 4 heteroatoms. The second kappa shape index (κ2) is 7.92. The van der Waals surface area contributed by atoms with E-state index in [1.807, 2.05) is 30.3 Å². The first kappa shape index (κ1) is 16.5. The van der Waals surface area contributed by atoms with Gasteiger partial charge >= 0.3 is 0 Å². The predicted molar refractivity (Wildman–Crippen MR) is 90.5 cm³/mol. The van der Waals surface area contributed by atoms with Gasteiger partial charge in [-0.3, -0.25) is 0 Å². The highest BCUT2D eigenvalue weighted by Crippen LogP contribution is 2.27. The zero-order valence-corrected chi connectivity index (χ0v) is 14.2.